The van der Waals surface area contributed by atoms with Gasteiger partial charge in [-0.05, 0) is 31.0 Å². The van der Waals surface area contributed by atoms with Crippen molar-refractivity contribution in [3.63, 3.8) is 0 Å². The zero-order valence-electron chi connectivity index (χ0n) is 9.03. The fourth-order valence-electron chi connectivity index (χ4n) is 1.59. The average molecular weight is 196 g/mol. The second-order valence-electron chi connectivity index (χ2n) is 3.87. The SMILES string of the molecule is CCC(CO)CN(C)Cc1cc[nH]c1. The lowest BCUT2D eigenvalue weighted by Gasteiger charge is -2.21. The summed E-state index contributed by atoms with van der Waals surface area (Å²) in [4.78, 5) is 5.28. The van der Waals surface area contributed by atoms with E-state index in [0.717, 1.165) is 19.5 Å². The Balaban J connectivity index is 2.31. The summed E-state index contributed by atoms with van der Waals surface area (Å²) >= 11 is 0. The third kappa shape index (κ3) is 3.52. The highest BCUT2D eigenvalue weighted by Gasteiger charge is 2.08. The van der Waals surface area contributed by atoms with Crippen LogP contribution in [0.4, 0.5) is 0 Å². The van der Waals surface area contributed by atoms with Crippen LogP contribution in [0.15, 0.2) is 18.5 Å². The molecule has 0 aromatic carbocycles. The number of hydrogen-bond donors (Lipinski definition) is 2. The van der Waals surface area contributed by atoms with E-state index < -0.39 is 0 Å². The molecule has 3 heteroatoms. The van der Waals surface area contributed by atoms with Gasteiger partial charge in [-0.2, -0.15) is 0 Å². The first-order chi connectivity index (χ1) is 6.76. The van der Waals surface area contributed by atoms with E-state index in [9.17, 15) is 0 Å². The summed E-state index contributed by atoms with van der Waals surface area (Å²) in [5, 5.41) is 9.07. The van der Waals surface area contributed by atoms with Crippen LogP contribution in [-0.2, 0) is 6.54 Å². The molecule has 1 atom stereocenters. The minimum absolute atomic E-state index is 0.286. The maximum absolute atomic E-state index is 9.07. The summed E-state index contributed by atoms with van der Waals surface area (Å²) in [6, 6.07) is 2.08. The van der Waals surface area contributed by atoms with Gasteiger partial charge in [0.25, 0.3) is 0 Å². The van der Waals surface area contributed by atoms with Gasteiger partial charge in [0, 0.05) is 32.1 Å². The first-order valence-corrected chi connectivity index (χ1v) is 5.17. The number of H-pyrrole nitrogens is 1. The van der Waals surface area contributed by atoms with Crippen LogP contribution in [-0.4, -0.2) is 35.2 Å². The molecule has 0 radical (unpaired) electrons. The van der Waals surface area contributed by atoms with Gasteiger partial charge >= 0.3 is 0 Å². The summed E-state index contributed by atoms with van der Waals surface area (Å²) < 4.78 is 0. The van der Waals surface area contributed by atoms with Crippen molar-refractivity contribution in [1.82, 2.24) is 9.88 Å². The first-order valence-electron chi connectivity index (χ1n) is 5.17. The molecule has 0 bridgehead atoms. The Bertz CT molecular complexity index is 229. The number of aliphatic hydroxyl groups is 1. The number of aromatic amines is 1. The summed E-state index contributed by atoms with van der Waals surface area (Å²) in [5.41, 5.74) is 1.29. The molecule has 0 aliphatic carbocycles. The minimum atomic E-state index is 0.286. The number of nitrogens with zero attached hydrogens (tertiary/aromatic N) is 1. The van der Waals surface area contributed by atoms with E-state index in [4.69, 9.17) is 5.11 Å². The van der Waals surface area contributed by atoms with Crippen molar-refractivity contribution < 1.29 is 5.11 Å². The quantitative estimate of drug-likeness (QED) is 0.723. The molecule has 3 nitrogen and oxygen atoms in total. The van der Waals surface area contributed by atoms with Crippen molar-refractivity contribution in [3.05, 3.63) is 24.0 Å². The van der Waals surface area contributed by atoms with E-state index in [1.807, 2.05) is 12.4 Å². The first kappa shape index (κ1) is 11.3. The average Bonchev–Trinajstić information content (AvgIpc) is 2.66. The van der Waals surface area contributed by atoms with Crippen molar-refractivity contribution >= 4 is 0 Å². The topological polar surface area (TPSA) is 39.3 Å². The lowest BCUT2D eigenvalue weighted by Crippen LogP contribution is -2.26. The highest BCUT2D eigenvalue weighted by molar-refractivity contribution is 5.07. The fourth-order valence-corrected chi connectivity index (χ4v) is 1.59. The van der Waals surface area contributed by atoms with Gasteiger partial charge in [-0.1, -0.05) is 6.92 Å². The van der Waals surface area contributed by atoms with Crippen LogP contribution >= 0.6 is 0 Å². The third-order valence-corrected chi connectivity index (χ3v) is 2.52. The molecule has 2 N–H and O–H groups in total. The van der Waals surface area contributed by atoms with Crippen LogP contribution in [0.5, 0.6) is 0 Å². The number of hydrogen-bond acceptors (Lipinski definition) is 2. The van der Waals surface area contributed by atoms with Gasteiger partial charge in [-0.15, -0.1) is 0 Å². The summed E-state index contributed by atoms with van der Waals surface area (Å²) in [6.45, 7) is 4.30. The van der Waals surface area contributed by atoms with Crippen molar-refractivity contribution in [2.24, 2.45) is 5.92 Å². The van der Waals surface area contributed by atoms with Crippen molar-refractivity contribution in [3.8, 4) is 0 Å². The van der Waals surface area contributed by atoms with Crippen LogP contribution in [0.3, 0.4) is 0 Å². The Labute approximate surface area is 85.7 Å². The Kier molecular flexibility index (Phi) is 4.70. The smallest absolute Gasteiger partial charge is 0.0471 e. The summed E-state index contributed by atoms with van der Waals surface area (Å²) in [5.74, 6) is 0.402. The number of aromatic nitrogens is 1. The van der Waals surface area contributed by atoms with Crippen LogP contribution < -0.4 is 0 Å². The summed E-state index contributed by atoms with van der Waals surface area (Å²) in [7, 11) is 2.09. The molecule has 0 aliphatic heterocycles. The Morgan fingerprint density at radius 1 is 1.57 bits per heavy atom. The molecule has 0 spiro atoms. The standard InChI is InChI=1S/C11H20N2O/c1-3-10(9-14)7-13(2)8-11-4-5-12-6-11/h4-6,10,12,14H,3,7-9H2,1-2H3. The highest BCUT2D eigenvalue weighted by atomic mass is 16.3. The zero-order chi connectivity index (χ0) is 10.4. The van der Waals surface area contributed by atoms with Gasteiger partial charge in [0.2, 0.25) is 0 Å². The van der Waals surface area contributed by atoms with Gasteiger partial charge in [0.15, 0.2) is 0 Å². The van der Waals surface area contributed by atoms with E-state index in [1.165, 1.54) is 5.56 Å². The van der Waals surface area contributed by atoms with E-state index in [2.05, 4.69) is 29.9 Å². The second-order valence-corrected chi connectivity index (χ2v) is 3.87. The molecule has 1 heterocycles. The predicted octanol–water partition coefficient (Wildman–Crippen LogP) is 1.47. The third-order valence-electron chi connectivity index (χ3n) is 2.52. The lowest BCUT2D eigenvalue weighted by molar-refractivity contribution is 0.173. The van der Waals surface area contributed by atoms with Crippen molar-refractivity contribution in [2.45, 2.75) is 19.9 Å². The van der Waals surface area contributed by atoms with Crippen LogP contribution in [0.1, 0.15) is 18.9 Å². The maximum atomic E-state index is 9.07. The van der Waals surface area contributed by atoms with Gasteiger partial charge < -0.3 is 15.0 Å². The number of nitrogens with one attached hydrogen (secondary N) is 1. The monoisotopic (exact) mass is 196 g/mol. The number of rotatable bonds is 6. The fraction of sp³-hybridized carbons (Fsp3) is 0.636. The molecule has 0 fully saturated rings. The number of aliphatic hydroxyl groups excluding tert-OH is 1. The lowest BCUT2D eigenvalue weighted by atomic mass is 10.1. The molecule has 0 amide bonds. The maximum Gasteiger partial charge on any atom is 0.0471 e. The molecule has 1 aromatic rings. The predicted molar refractivity (Wildman–Crippen MR) is 58.0 cm³/mol. The molecule has 1 unspecified atom stereocenters. The van der Waals surface area contributed by atoms with Gasteiger partial charge in [0.1, 0.15) is 0 Å². The van der Waals surface area contributed by atoms with Crippen LogP contribution in [0, 0.1) is 5.92 Å². The molecule has 1 rings (SSSR count). The van der Waals surface area contributed by atoms with Gasteiger partial charge in [0.05, 0.1) is 0 Å². The van der Waals surface area contributed by atoms with Gasteiger partial charge in [-0.3, -0.25) is 0 Å². The zero-order valence-corrected chi connectivity index (χ0v) is 9.03. The van der Waals surface area contributed by atoms with Crippen molar-refractivity contribution in [2.75, 3.05) is 20.2 Å². The molecule has 14 heavy (non-hydrogen) atoms. The largest absolute Gasteiger partial charge is 0.396 e. The molecule has 0 saturated heterocycles. The minimum Gasteiger partial charge on any atom is -0.396 e. The molecular weight excluding hydrogens is 176 g/mol. The molecule has 0 aliphatic rings. The Morgan fingerprint density at radius 2 is 2.36 bits per heavy atom. The van der Waals surface area contributed by atoms with Gasteiger partial charge in [-0.25, -0.2) is 0 Å². The highest BCUT2D eigenvalue weighted by Crippen LogP contribution is 2.07. The summed E-state index contributed by atoms with van der Waals surface area (Å²) in [6.07, 6.45) is 4.98. The van der Waals surface area contributed by atoms with E-state index in [-0.39, 0.29) is 6.61 Å². The normalized spacial score (nSPS) is 13.4. The Hall–Kier alpha value is -0.800. The van der Waals surface area contributed by atoms with E-state index in [1.54, 1.807) is 0 Å². The molecule has 1 aromatic heterocycles. The molecule has 0 saturated carbocycles. The van der Waals surface area contributed by atoms with E-state index in [0.29, 0.717) is 5.92 Å². The second kappa shape index (κ2) is 5.83. The van der Waals surface area contributed by atoms with Crippen molar-refractivity contribution in [1.29, 1.82) is 0 Å². The van der Waals surface area contributed by atoms with Crippen LogP contribution in [0.2, 0.25) is 0 Å². The molecular formula is C11H20N2O. The van der Waals surface area contributed by atoms with E-state index >= 15 is 0 Å². The molecule has 80 valence electrons. The Morgan fingerprint density at radius 3 is 2.86 bits per heavy atom. The van der Waals surface area contributed by atoms with Crippen LogP contribution in [0.25, 0.3) is 0 Å².